The summed E-state index contributed by atoms with van der Waals surface area (Å²) in [6, 6.07) is 7.49. The van der Waals surface area contributed by atoms with Gasteiger partial charge in [0.15, 0.2) is 5.82 Å². The molecule has 0 unspecified atom stereocenters. The zero-order valence-electron chi connectivity index (χ0n) is 15.2. The molecule has 3 N–H and O–H groups in total. The summed E-state index contributed by atoms with van der Waals surface area (Å²) in [4.78, 5) is 24.7. The van der Waals surface area contributed by atoms with Gasteiger partial charge in [0, 0.05) is 13.1 Å². The maximum absolute atomic E-state index is 12.1. The van der Waals surface area contributed by atoms with Crippen LogP contribution in [0.5, 0.6) is 5.75 Å². The summed E-state index contributed by atoms with van der Waals surface area (Å²) in [6.45, 7) is 5.28. The van der Waals surface area contributed by atoms with Crippen molar-refractivity contribution in [3.63, 3.8) is 0 Å². The normalized spacial score (nSPS) is 13.9. The minimum Gasteiger partial charge on any atom is -0.486 e. The van der Waals surface area contributed by atoms with E-state index in [9.17, 15) is 9.59 Å². The van der Waals surface area contributed by atoms with Crippen molar-refractivity contribution < 1.29 is 14.3 Å². The van der Waals surface area contributed by atoms with Crippen LogP contribution in [0.3, 0.4) is 0 Å². The number of ether oxygens (including phenoxy) is 1. The molecule has 1 aromatic heterocycles. The molecule has 3 rings (SSSR count). The van der Waals surface area contributed by atoms with Crippen molar-refractivity contribution >= 4 is 23.7 Å². The van der Waals surface area contributed by atoms with E-state index in [0.29, 0.717) is 35.7 Å². The number of imide groups is 1. The molecule has 2 aromatic rings. The summed E-state index contributed by atoms with van der Waals surface area (Å²) in [5, 5.41) is 11.0. The first kappa shape index (κ1) is 19.0. The van der Waals surface area contributed by atoms with Crippen LogP contribution in [0.1, 0.15) is 31.2 Å². The Morgan fingerprint density at radius 1 is 1.33 bits per heavy atom. The van der Waals surface area contributed by atoms with E-state index in [2.05, 4.69) is 29.4 Å². The number of benzene rings is 1. The number of nitrogens with one attached hydrogen (secondary N) is 1. The van der Waals surface area contributed by atoms with Crippen LogP contribution in [-0.2, 0) is 11.4 Å². The van der Waals surface area contributed by atoms with Crippen molar-refractivity contribution in [1.82, 2.24) is 25.1 Å². The number of carbonyl (C=O) groups excluding carboxylic acids is 2. The van der Waals surface area contributed by atoms with Gasteiger partial charge in [-0.2, -0.15) is 0 Å². The smallest absolute Gasteiger partial charge is 0.324 e. The van der Waals surface area contributed by atoms with Gasteiger partial charge in [-0.3, -0.25) is 9.69 Å². The van der Waals surface area contributed by atoms with Gasteiger partial charge in [0.25, 0.3) is 0 Å². The van der Waals surface area contributed by atoms with E-state index < -0.39 is 0 Å². The fourth-order valence-electron chi connectivity index (χ4n) is 2.51. The number of aromatic nitrogens is 3. The fourth-order valence-corrected chi connectivity index (χ4v) is 3.27. The quantitative estimate of drug-likeness (QED) is 0.541. The highest BCUT2D eigenvalue weighted by atomic mass is 32.2. The molecule has 9 nitrogen and oxygen atoms in total. The fraction of sp³-hybridized carbons (Fsp3) is 0.412. The minimum atomic E-state index is -0.368. The summed E-state index contributed by atoms with van der Waals surface area (Å²) >= 11 is 1.13. The minimum absolute atomic E-state index is 0.0558. The van der Waals surface area contributed by atoms with Crippen LogP contribution >= 0.6 is 11.8 Å². The lowest BCUT2D eigenvalue weighted by Crippen LogP contribution is -2.35. The van der Waals surface area contributed by atoms with Crippen LogP contribution in [0.15, 0.2) is 29.4 Å². The van der Waals surface area contributed by atoms with Gasteiger partial charge in [0.1, 0.15) is 12.4 Å². The van der Waals surface area contributed by atoms with Gasteiger partial charge in [-0.1, -0.05) is 37.7 Å². The number of nitrogens with two attached hydrogens (primary N) is 1. The van der Waals surface area contributed by atoms with Gasteiger partial charge in [-0.15, -0.1) is 10.2 Å². The molecular formula is C17H22N6O3S. The van der Waals surface area contributed by atoms with Gasteiger partial charge in [-0.25, -0.2) is 9.47 Å². The lowest BCUT2D eigenvalue weighted by Gasteiger charge is -2.11. The maximum Gasteiger partial charge on any atom is 0.324 e. The number of carbonyl (C=O) groups is 2. The average Bonchev–Trinajstić information content (AvgIpc) is 3.24. The monoisotopic (exact) mass is 390 g/mol. The van der Waals surface area contributed by atoms with E-state index in [-0.39, 0.29) is 24.3 Å². The summed E-state index contributed by atoms with van der Waals surface area (Å²) in [5.74, 6) is 7.36. The highest BCUT2D eigenvalue weighted by molar-refractivity contribution is 7.99. The van der Waals surface area contributed by atoms with Crippen LogP contribution in [0.25, 0.3) is 0 Å². The molecule has 10 heteroatoms. The highest BCUT2D eigenvalue weighted by Crippen LogP contribution is 2.20. The molecule has 144 valence electrons. The van der Waals surface area contributed by atoms with Crippen molar-refractivity contribution in [3.8, 4) is 5.75 Å². The summed E-state index contributed by atoms with van der Waals surface area (Å²) < 4.78 is 7.00. The van der Waals surface area contributed by atoms with E-state index in [0.717, 1.165) is 11.8 Å². The Bertz CT molecular complexity index is 821. The Morgan fingerprint density at radius 3 is 2.70 bits per heavy atom. The molecule has 1 fully saturated rings. The molecule has 3 amide bonds. The first-order valence-corrected chi connectivity index (χ1v) is 9.57. The number of rotatable bonds is 7. The van der Waals surface area contributed by atoms with Gasteiger partial charge < -0.3 is 15.9 Å². The molecule has 0 bridgehead atoms. The Hall–Kier alpha value is -2.75. The topological polar surface area (TPSA) is 115 Å². The summed E-state index contributed by atoms with van der Waals surface area (Å²) in [5.41, 5.74) is 1.24. The van der Waals surface area contributed by atoms with Crippen molar-refractivity contribution in [2.24, 2.45) is 0 Å². The summed E-state index contributed by atoms with van der Waals surface area (Å²) in [7, 11) is 0. The third-order valence-corrected chi connectivity index (χ3v) is 5.06. The Kier molecular flexibility index (Phi) is 5.84. The molecule has 0 atom stereocenters. The average molecular weight is 390 g/mol. The first-order chi connectivity index (χ1) is 13.0. The van der Waals surface area contributed by atoms with Crippen LogP contribution < -0.4 is 15.9 Å². The molecular weight excluding hydrogens is 368 g/mol. The summed E-state index contributed by atoms with van der Waals surface area (Å²) in [6.07, 6.45) is 0. The number of hydrogen-bond donors (Lipinski definition) is 2. The standard InChI is InChI=1S/C17H22N6O3S/c1-11(2)12-3-5-13(6-4-12)26-9-14-20-21-17(23(14)18)27-10-15(24)22-8-7-19-16(22)25/h3-6,11H,7-10,18H2,1-2H3,(H,19,25). The molecule has 0 spiro atoms. The van der Waals surface area contributed by atoms with Gasteiger partial charge >= 0.3 is 6.03 Å². The first-order valence-electron chi connectivity index (χ1n) is 8.59. The van der Waals surface area contributed by atoms with Crippen LogP contribution in [0.4, 0.5) is 4.79 Å². The zero-order chi connectivity index (χ0) is 19.4. The Balaban J connectivity index is 1.53. The van der Waals surface area contributed by atoms with Crippen LogP contribution in [0, 0.1) is 0 Å². The Morgan fingerprint density at radius 2 is 2.07 bits per heavy atom. The van der Waals surface area contributed by atoms with Gasteiger partial charge in [0.2, 0.25) is 11.1 Å². The number of thioether (sulfide) groups is 1. The van der Waals surface area contributed by atoms with Crippen LogP contribution in [-0.4, -0.2) is 50.6 Å². The molecule has 1 aliphatic heterocycles. The third-order valence-electron chi connectivity index (χ3n) is 4.13. The number of urea groups is 1. The zero-order valence-corrected chi connectivity index (χ0v) is 16.0. The van der Waals surface area contributed by atoms with E-state index in [1.54, 1.807) is 0 Å². The Labute approximate surface area is 161 Å². The van der Waals surface area contributed by atoms with E-state index >= 15 is 0 Å². The second kappa shape index (κ2) is 8.30. The molecule has 0 aliphatic carbocycles. The lowest BCUT2D eigenvalue weighted by molar-refractivity contribution is -0.124. The van der Waals surface area contributed by atoms with E-state index in [1.165, 1.54) is 15.1 Å². The van der Waals surface area contributed by atoms with Gasteiger partial charge in [0.05, 0.1) is 5.75 Å². The molecule has 0 saturated carbocycles. The predicted molar refractivity (Wildman–Crippen MR) is 101 cm³/mol. The molecule has 1 aliphatic rings. The van der Waals surface area contributed by atoms with Crippen molar-refractivity contribution in [2.75, 3.05) is 24.7 Å². The van der Waals surface area contributed by atoms with Crippen LogP contribution in [0.2, 0.25) is 0 Å². The van der Waals surface area contributed by atoms with Crippen molar-refractivity contribution in [1.29, 1.82) is 0 Å². The third kappa shape index (κ3) is 4.51. The number of nitrogens with zero attached hydrogens (tertiary/aromatic N) is 4. The van der Waals surface area contributed by atoms with Gasteiger partial charge in [-0.05, 0) is 23.6 Å². The highest BCUT2D eigenvalue weighted by Gasteiger charge is 2.26. The SMILES string of the molecule is CC(C)c1ccc(OCc2nnc(SCC(=O)N3CCNC3=O)n2N)cc1. The number of nitrogen functional groups attached to an aromatic ring is 1. The maximum atomic E-state index is 12.1. The van der Waals surface area contributed by atoms with E-state index in [4.69, 9.17) is 10.6 Å². The van der Waals surface area contributed by atoms with Crippen molar-refractivity contribution in [3.05, 3.63) is 35.7 Å². The molecule has 1 saturated heterocycles. The van der Waals surface area contributed by atoms with Crippen molar-refractivity contribution in [2.45, 2.75) is 31.5 Å². The van der Waals surface area contributed by atoms with E-state index in [1.807, 2.05) is 24.3 Å². The molecule has 1 aromatic carbocycles. The molecule has 0 radical (unpaired) electrons. The molecule has 2 heterocycles. The number of amides is 3. The second-order valence-corrected chi connectivity index (χ2v) is 7.29. The predicted octanol–water partition coefficient (Wildman–Crippen LogP) is 1.34. The largest absolute Gasteiger partial charge is 0.486 e. The molecule has 27 heavy (non-hydrogen) atoms. The second-order valence-electron chi connectivity index (χ2n) is 6.35. The number of hydrogen-bond acceptors (Lipinski definition) is 7. The lowest BCUT2D eigenvalue weighted by atomic mass is 10.0.